The number of allylic oxidation sites excluding steroid dienone is 1. The number of sulfone groups is 1. The number of hydrogen-bond donors (Lipinski definition) is 0. The number of halogens is 3. The van der Waals surface area contributed by atoms with E-state index in [4.69, 9.17) is 0 Å². The average molecular weight is 494 g/mol. The van der Waals surface area contributed by atoms with Crippen LogP contribution in [0.1, 0.15) is 51.5 Å². The molecule has 1 fully saturated rings. The van der Waals surface area contributed by atoms with Crippen LogP contribution in [0.15, 0.2) is 44.8 Å². The third-order valence-corrected chi connectivity index (χ3v) is 8.70. The van der Waals surface area contributed by atoms with Crippen LogP contribution in [0.25, 0.3) is 0 Å². The smallest absolute Gasteiger partial charge is 0.379 e. The van der Waals surface area contributed by atoms with E-state index in [1.54, 1.807) is 32.9 Å². The van der Waals surface area contributed by atoms with Crippen molar-refractivity contribution in [3.8, 4) is 0 Å². The minimum absolute atomic E-state index is 0.0656. The van der Waals surface area contributed by atoms with Gasteiger partial charge in [-0.05, 0) is 44.2 Å². The Labute approximate surface area is 186 Å². The number of fused-ring (bicyclic) bond motifs is 1. The van der Waals surface area contributed by atoms with Crippen LogP contribution in [0.2, 0.25) is 0 Å². The Kier molecular flexibility index (Phi) is 6.82. The predicted octanol–water partition coefficient (Wildman–Crippen LogP) is 4.91. The Morgan fingerprint density at radius 3 is 2.28 bits per heavy atom. The SMILES string of the molecule is CCCC1=N[C@@H]2CCC[C@@H](C)[C@@H]2C(OS(=O)(=O)C(F)(F)F)=C1S(=O)(=O)c1ccc(C)cc1. The number of dihydropyridines is 1. The molecule has 178 valence electrons. The van der Waals surface area contributed by atoms with Crippen molar-refractivity contribution in [1.82, 2.24) is 0 Å². The molecule has 0 bridgehead atoms. The van der Waals surface area contributed by atoms with Crippen molar-refractivity contribution in [2.24, 2.45) is 16.8 Å². The number of aliphatic imine (C=N–C) groups is 1. The predicted molar refractivity (Wildman–Crippen MR) is 114 cm³/mol. The van der Waals surface area contributed by atoms with Crippen LogP contribution >= 0.6 is 0 Å². The summed E-state index contributed by atoms with van der Waals surface area (Å²) in [5.41, 5.74) is -4.83. The Morgan fingerprint density at radius 1 is 1.09 bits per heavy atom. The summed E-state index contributed by atoms with van der Waals surface area (Å²) < 4.78 is 95.6. The third-order valence-electron chi connectivity index (χ3n) is 5.87. The minimum Gasteiger partial charge on any atom is -0.379 e. The van der Waals surface area contributed by atoms with Crippen molar-refractivity contribution in [2.45, 2.75) is 69.3 Å². The molecular formula is C21H26F3NO5S2. The summed E-state index contributed by atoms with van der Waals surface area (Å²) >= 11 is 0. The molecule has 3 rings (SSSR count). The van der Waals surface area contributed by atoms with E-state index in [0.29, 0.717) is 19.3 Å². The number of rotatable bonds is 6. The summed E-state index contributed by atoms with van der Waals surface area (Å²) in [4.78, 5) is 3.89. The molecule has 1 saturated carbocycles. The van der Waals surface area contributed by atoms with Crippen LogP contribution in [0.5, 0.6) is 0 Å². The van der Waals surface area contributed by atoms with Crippen molar-refractivity contribution in [3.63, 3.8) is 0 Å². The molecule has 1 aromatic carbocycles. The molecule has 1 aliphatic carbocycles. The second-order valence-corrected chi connectivity index (χ2v) is 11.7. The standard InChI is InChI=1S/C21H26F3NO5S2/c1-4-6-17-20(31(26,27)15-11-9-13(2)10-12-15)19(30-32(28,29)21(22,23)24)18-14(3)7-5-8-16(18)25-17/h9-12,14,16,18H,4-8H2,1-3H3/t14-,16-,18+/m1/s1. The van der Waals surface area contributed by atoms with E-state index in [-0.39, 0.29) is 22.9 Å². The van der Waals surface area contributed by atoms with E-state index in [2.05, 4.69) is 9.18 Å². The lowest BCUT2D eigenvalue weighted by Gasteiger charge is -2.39. The second-order valence-electron chi connectivity index (χ2n) is 8.32. The highest BCUT2D eigenvalue weighted by molar-refractivity contribution is 7.96. The topological polar surface area (TPSA) is 89.9 Å². The Bertz CT molecular complexity index is 1140. The number of aryl methyl sites for hydroxylation is 1. The van der Waals surface area contributed by atoms with Crippen molar-refractivity contribution in [2.75, 3.05) is 0 Å². The molecule has 0 aromatic heterocycles. The van der Waals surface area contributed by atoms with Gasteiger partial charge in [-0.3, -0.25) is 4.99 Å². The van der Waals surface area contributed by atoms with Gasteiger partial charge in [0.15, 0.2) is 0 Å². The molecule has 0 N–H and O–H groups in total. The highest BCUT2D eigenvalue weighted by atomic mass is 32.2. The highest BCUT2D eigenvalue weighted by Crippen LogP contribution is 2.45. The molecule has 0 radical (unpaired) electrons. The fourth-order valence-corrected chi connectivity index (χ4v) is 6.53. The molecule has 1 aromatic rings. The van der Waals surface area contributed by atoms with Crippen molar-refractivity contribution < 1.29 is 34.2 Å². The van der Waals surface area contributed by atoms with E-state index >= 15 is 0 Å². The molecule has 0 unspecified atom stereocenters. The number of alkyl halides is 3. The zero-order valence-corrected chi connectivity index (χ0v) is 19.6. The van der Waals surface area contributed by atoms with Crippen molar-refractivity contribution in [3.05, 3.63) is 40.5 Å². The van der Waals surface area contributed by atoms with Gasteiger partial charge in [0.1, 0.15) is 10.7 Å². The summed E-state index contributed by atoms with van der Waals surface area (Å²) in [6.07, 6.45) is 2.50. The summed E-state index contributed by atoms with van der Waals surface area (Å²) in [5, 5.41) is 0. The van der Waals surface area contributed by atoms with Gasteiger partial charge in [-0.15, -0.1) is 0 Å². The van der Waals surface area contributed by atoms with Gasteiger partial charge in [-0.2, -0.15) is 21.6 Å². The van der Waals surface area contributed by atoms with Gasteiger partial charge >= 0.3 is 15.6 Å². The van der Waals surface area contributed by atoms with Gasteiger partial charge in [0.2, 0.25) is 9.84 Å². The lowest BCUT2D eigenvalue weighted by molar-refractivity contribution is -0.0532. The molecule has 2 aliphatic rings. The molecule has 1 heterocycles. The molecule has 32 heavy (non-hydrogen) atoms. The van der Waals surface area contributed by atoms with Crippen LogP contribution in [0.3, 0.4) is 0 Å². The van der Waals surface area contributed by atoms with Gasteiger partial charge in [0, 0.05) is 5.92 Å². The quantitative estimate of drug-likeness (QED) is 0.415. The van der Waals surface area contributed by atoms with E-state index in [1.807, 2.05) is 0 Å². The lowest BCUT2D eigenvalue weighted by atomic mass is 9.74. The molecular weight excluding hydrogens is 467 g/mol. The van der Waals surface area contributed by atoms with Crippen LogP contribution in [0.4, 0.5) is 13.2 Å². The first-order chi connectivity index (χ1) is 14.8. The summed E-state index contributed by atoms with van der Waals surface area (Å²) in [6, 6.07) is 5.27. The van der Waals surface area contributed by atoms with Gasteiger partial charge in [0.25, 0.3) is 0 Å². The van der Waals surface area contributed by atoms with Crippen LogP contribution < -0.4 is 0 Å². The summed E-state index contributed by atoms with van der Waals surface area (Å²) in [6.45, 7) is 5.29. The number of hydrogen-bond acceptors (Lipinski definition) is 6. The van der Waals surface area contributed by atoms with Gasteiger partial charge in [-0.25, -0.2) is 8.42 Å². The average Bonchev–Trinajstić information content (AvgIpc) is 2.67. The van der Waals surface area contributed by atoms with E-state index in [0.717, 1.165) is 12.0 Å². The first kappa shape index (κ1) is 24.8. The van der Waals surface area contributed by atoms with Gasteiger partial charge < -0.3 is 4.18 Å². The molecule has 0 saturated heterocycles. The first-order valence-corrected chi connectivity index (χ1v) is 13.3. The molecule has 1 aliphatic heterocycles. The zero-order chi connectivity index (χ0) is 23.9. The molecule has 0 spiro atoms. The summed E-state index contributed by atoms with van der Waals surface area (Å²) in [5.74, 6) is -1.84. The van der Waals surface area contributed by atoms with E-state index in [9.17, 15) is 30.0 Å². The maximum Gasteiger partial charge on any atom is 0.534 e. The molecule has 3 atom stereocenters. The maximum absolute atomic E-state index is 13.6. The van der Waals surface area contributed by atoms with Crippen LogP contribution in [-0.2, 0) is 24.1 Å². The maximum atomic E-state index is 13.6. The normalized spacial score (nSPS) is 24.7. The van der Waals surface area contributed by atoms with Crippen molar-refractivity contribution >= 4 is 25.7 Å². The fourth-order valence-electron chi connectivity index (χ4n) is 4.31. The minimum atomic E-state index is -6.07. The van der Waals surface area contributed by atoms with Crippen LogP contribution in [-0.4, -0.2) is 34.1 Å². The van der Waals surface area contributed by atoms with E-state index < -0.39 is 48.1 Å². The monoisotopic (exact) mass is 493 g/mol. The van der Waals surface area contributed by atoms with Crippen molar-refractivity contribution in [1.29, 1.82) is 0 Å². The Hall–Kier alpha value is -1.88. The van der Waals surface area contributed by atoms with E-state index in [1.165, 1.54) is 12.1 Å². The fraction of sp³-hybridized carbons (Fsp3) is 0.571. The number of nitrogens with zero attached hydrogens (tertiary/aromatic N) is 1. The largest absolute Gasteiger partial charge is 0.534 e. The van der Waals surface area contributed by atoms with Gasteiger partial charge in [-0.1, -0.05) is 44.4 Å². The molecule has 6 nitrogen and oxygen atoms in total. The van der Waals surface area contributed by atoms with Gasteiger partial charge in [0.05, 0.1) is 16.6 Å². The molecule has 11 heteroatoms. The summed E-state index contributed by atoms with van der Waals surface area (Å²) in [7, 11) is -10.5. The zero-order valence-electron chi connectivity index (χ0n) is 18.0. The Balaban J connectivity index is 2.31. The van der Waals surface area contributed by atoms with Crippen LogP contribution in [0, 0.1) is 18.8 Å². The number of benzene rings is 1. The first-order valence-electron chi connectivity index (χ1n) is 10.4. The Morgan fingerprint density at radius 2 is 1.72 bits per heavy atom. The third kappa shape index (κ3) is 4.59. The second kappa shape index (κ2) is 8.81. The lowest BCUT2D eigenvalue weighted by Crippen LogP contribution is -2.40. The molecule has 0 amide bonds. The highest BCUT2D eigenvalue weighted by Gasteiger charge is 2.52.